The SMILES string of the molecule is CCC(N)C(=O)N(CC)c1cccc2ccccc12. The molecule has 0 aliphatic carbocycles. The summed E-state index contributed by atoms with van der Waals surface area (Å²) < 4.78 is 0. The first-order chi connectivity index (χ1) is 9.19. The van der Waals surface area contributed by atoms with E-state index in [1.807, 2.05) is 44.2 Å². The molecule has 0 heterocycles. The number of hydrogen-bond acceptors (Lipinski definition) is 2. The summed E-state index contributed by atoms with van der Waals surface area (Å²) in [5, 5.41) is 2.22. The van der Waals surface area contributed by atoms with Gasteiger partial charge in [0.05, 0.1) is 11.7 Å². The quantitative estimate of drug-likeness (QED) is 0.914. The smallest absolute Gasteiger partial charge is 0.243 e. The predicted molar refractivity (Wildman–Crippen MR) is 80.2 cm³/mol. The normalized spacial score (nSPS) is 12.4. The zero-order valence-corrected chi connectivity index (χ0v) is 11.5. The second kappa shape index (κ2) is 5.85. The van der Waals surface area contributed by atoms with E-state index in [4.69, 9.17) is 5.73 Å². The Morgan fingerprint density at radius 2 is 1.84 bits per heavy atom. The molecule has 19 heavy (non-hydrogen) atoms. The average Bonchev–Trinajstić information content (AvgIpc) is 2.47. The predicted octanol–water partition coefficient (Wildman–Crippen LogP) is 2.93. The summed E-state index contributed by atoms with van der Waals surface area (Å²) in [6.45, 7) is 4.53. The van der Waals surface area contributed by atoms with Gasteiger partial charge in [-0.15, -0.1) is 0 Å². The molecule has 0 fully saturated rings. The van der Waals surface area contributed by atoms with Crippen LogP contribution in [0, 0.1) is 0 Å². The molecule has 0 radical (unpaired) electrons. The largest absolute Gasteiger partial charge is 0.320 e. The molecule has 2 N–H and O–H groups in total. The number of nitrogens with zero attached hydrogens (tertiary/aromatic N) is 1. The Labute approximate surface area is 114 Å². The van der Waals surface area contributed by atoms with Gasteiger partial charge < -0.3 is 10.6 Å². The highest BCUT2D eigenvalue weighted by molar-refractivity contribution is 6.05. The first kappa shape index (κ1) is 13.6. The molecule has 0 aliphatic heterocycles. The van der Waals surface area contributed by atoms with Crippen molar-refractivity contribution in [1.82, 2.24) is 0 Å². The lowest BCUT2D eigenvalue weighted by atomic mass is 10.1. The van der Waals surface area contributed by atoms with E-state index in [1.54, 1.807) is 4.90 Å². The van der Waals surface area contributed by atoms with Gasteiger partial charge in [-0.25, -0.2) is 0 Å². The third-order valence-electron chi connectivity index (χ3n) is 3.40. The van der Waals surface area contributed by atoms with E-state index in [-0.39, 0.29) is 5.91 Å². The minimum atomic E-state index is -0.432. The highest BCUT2D eigenvalue weighted by Gasteiger charge is 2.20. The Morgan fingerprint density at radius 1 is 1.16 bits per heavy atom. The van der Waals surface area contributed by atoms with E-state index in [9.17, 15) is 4.79 Å². The van der Waals surface area contributed by atoms with Crippen molar-refractivity contribution in [3.05, 3.63) is 42.5 Å². The van der Waals surface area contributed by atoms with Crippen molar-refractivity contribution in [2.45, 2.75) is 26.3 Å². The summed E-state index contributed by atoms with van der Waals surface area (Å²) in [6, 6.07) is 13.7. The second-order valence-electron chi connectivity index (χ2n) is 4.60. The lowest BCUT2D eigenvalue weighted by Gasteiger charge is -2.25. The van der Waals surface area contributed by atoms with Gasteiger partial charge in [0, 0.05) is 11.9 Å². The van der Waals surface area contributed by atoms with E-state index >= 15 is 0 Å². The van der Waals surface area contributed by atoms with Crippen LogP contribution >= 0.6 is 0 Å². The van der Waals surface area contributed by atoms with Crippen molar-refractivity contribution in [2.75, 3.05) is 11.4 Å². The topological polar surface area (TPSA) is 46.3 Å². The molecular formula is C16H20N2O. The molecule has 2 rings (SSSR count). The summed E-state index contributed by atoms with van der Waals surface area (Å²) in [6.07, 6.45) is 0.653. The van der Waals surface area contributed by atoms with Crippen molar-refractivity contribution in [3.8, 4) is 0 Å². The number of amides is 1. The second-order valence-corrected chi connectivity index (χ2v) is 4.60. The molecule has 0 saturated carbocycles. The molecule has 0 saturated heterocycles. The summed E-state index contributed by atoms with van der Waals surface area (Å²) in [4.78, 5) is 14.1. The fourth-order valence-corrected chi connectivity index (χ4v) is 2.26. The zero-order valence-electron chi connectivity index (χ0n) is 11.5. The fraction of sp³-hybridized carbons (Fsp3) is 0.312. The van der Waals surface area contributed by atoms with Crippen LogP contribution in [0.4, 0.5) is 5.69 Å². The van der Waals surface area contributed by atoms with Crippen LogP contribution in [-0.4, -0.2) is 18.5 Å². The van der Waals surface area contributed by atoms with E-state index < -0.39 is 6.04 Å². The van der Waals surface area contributed by atoms with Gasteiger partial charge in [0.1, 0.15) is 0 Å². The van der Waals surface area contributed by atoms with Crippen molar-refractivity contribution in [3.63, 3.8) is 0 Å². The van der Waals surface area contributed by atoms with Gasteiger partial charge >= 0.3 is 0 Å². The average molecular weight is 256 g/mol. The Hall–Kier alpha value is -1.87. The van der Waals surface area contributed by atoms with Crippen LogP contribution in [0.1, 0.15) is 20.3 Å². The van der Waals surface area contributed by atoms with Crippen molar-refractivity contribution >= 4 is 22.4 Å². The molecule has 2 aromatic carbocycles. The minimum absolute atomic E-state index is 0.0126. The Balaban J connectivity index is 2.49. The molecule has 100 valence electrons. The lowest BCUT2D eigenvalue weighted by Crippen LogP contribution is -2.43. The zero-order chi connectivity index (χ0) is 13.8. The van der Waals surface area contributed by atoms with Gasteiger partial charge in [0.25, 0.3) is 0 Å². The number of rotatable bonds is 4. The van der Waals surface area contributed by atoms with Gasteiger partial charge in [0.2, 0.25) is 5.91 Å². The monoisotopic (exact) mass is 256 g/mol. The van der Waals surface area contributed by atoms with E-state index in [0.717, 1.165) is 16.5 Å². The molecule has 0 aliphatic rings. The van der Waals surface area contributed by atoms with E-state index in [2.05, 4.69) is 12.1 Å². The summed E-state index contributed by atoms with van der Waals surface area (Å²) >= 11 is 0. The minimum Gasteiger partial charge on any atom is -0.320 e. The van der Waals surface area contributed by atoms with Crippen molar-refractivity contribution in [1.29, 1.82) is 0 Å². The molecule has 1 amide bonds. The standard InChI is InChI=1S/C16H20N2O/c1-3-14(17)16(19)18(4-2)15-11-7-9-12-8-5-6-10-13(12)15/h5-11,14H,3-4,17H2,1-2H3. The molecule has 3 heteroatoms. The van der Waals surface area contributed by atoms with Crippen LogP contribution in [-0.2, 0) is 4.79 Å². The Kier molecular flexibility index (Phi) is 4.17. The summed E-state index contributed by atoms with van der Waals surface area (Å²) in [7, 11) is 0. The molecule has 0 spiro atoms. The first-order valence-corrected chi connectivity index (χ1v) is 6.73. The summed E-state index contributed by atoms with van der Waals surface area (Å²) in [5.41, 5.74) is 6.82. The van der Waals surface area contributed by atoms with Gasteiger partial charge in [-0.05, 0) is 24.8 Å². The molecule has 0 aromatic heterocycles. The van der Waals surface area contributed by atoms with Crippen LogP contribution in [0.3, 0.4) is 0 Å². The third-order valence-corrected chi connectivity index (χ3v) is 3.40. The number of likely N-dealkylation sites (N-methyl/N-ethyl adjacent to an activating group) is 1. The molecule has 1 atom stereocenters. The number of fused-ring (bicyclic) bond motifs is 1. The van der Waals surface area contributed by atoms with Gasteiger partial charge in [0.15, 0.2) is 0 Å². The molecule has 3 nitrogen and oxygen atoms in total. The number of carbonyl (C=O) groups excluding carboxylic acids is 1. The highest BCUT2D eigenvalue weighted by atomic mass is 16.2. The fourth-order valence-electron chi connectivity index (χ4n) is 2.26. The van der Waals surface area contributed by atoms with Crippen molar-refractivity contribution in [2.24, 2.45) is 5.73 Å². The number of nitrogens with two attached hydrogens (primary N) is 1. The molecule has 2 aromatic rings. The maximum Gasteiger partial charge on any atom is 0.243 e. The number of hydrogen-bond donors (Lipinski definition) is 1. The summed E-state index contributed by atoms with van der Waals surface area (Å²) in [5.74, 6) is -0.0126. The number of benzene rings is 2. The number of anilines is 1. The van der Waals surface area contributed by atoms with Crippen molar-refractivity contribution < 1.29 is 4.79 Å². The lowest BCUT2D eigenvalue weighted by molar-refractivity contribution is -0.119. The van der Waals surface area contributed by atoms with Crippen LogP contribution in [0.15, 0.2) is 42.5 Å². The first-order valence-electron chi connectivity index (χ1n) is 6.73. The van der Waals surface area contributed by atoms with Gasteiger partial charge in [-0.3, -0.25) is 4.79 Å². The van der Waals surface area contributed by atoms with E-state index in [1.165, 1.54) is 0 Å². The Morgan fingerprint density at radius 3 is 2.53 bits per heavy atom. The van der Waals surface area contributed by atoms with Gasteiger partial charge in [-0.2, -0.15) is 0 Å². The molecular weight excluding hydrogens is 236 g/mol. The molecule has 1 unspecified atom stereocenters. The van der Waals surface area contributed by atoms with E-state index in [0.29, 0.717) is 13.0 Å². The number of carbonyl (C=O) groups is 1. The third kappa shape index (κ3) is 2.61. The Bertz CT molecular complexity index is 574. The molecule has 0 bridgehead atoms. The van der Waals surface area contributed by atoms with Crippen LogP contribution in [0.5, 0.6) is 0 Å². The maximum absolute atomic E-state index is 12.4. The maximum atomic E-state index is 12.4. The van der Waals surface area contributed by atoms with Gasteiger partial charge in [-0.1, -0.05) is 43.3 Å². The van der Waals surface area contributed by atoms with Crippen LogP contribution in [0.2, 0.25) is 0 Å². The van der Waals surface area contributed by atoms with Crippen LogP contribution in [0.25, 0.3) is 10.8 Å². The highest BCUT2D eigenvalue weighted by Crippen LogP contribution is 2.27. The van der Waals surface area contributed by atoms with Crippen LogP contribution < -0.4 is 10.6 Å².